The van der Waals surface area contributed by atoms with Gasteiger partial charge in [0.2, 0.25) is 5.91 Å². The van der Waals surface area contributed by atoms with Crippen LogP contribution in [0, 0.1) is 18.7 Å². The van der Waals surface area contributed by atoms with Gasteiger partial charge in [0, 0.05) is 98.6 Å². The van der Waals surface area contributed by atoms with Crippen LogP contribution < -0.4 is 21.3 Å². The predicted octanol–water partition coefficient (Wildman–Crippen LogP) is 6.56. The topological polar surface area (TPSA) is 153 Å². The third-order valence-corrected chi connectivity index (χ3v) is 14.1. The van der Waals surface area contributed by atoms with Gasteiger partial charge in [0.15, 0.2) is 17.4 Å². The molecule has 0 saturated carbocycles. The molecule has 4 aliphatic heterocycles. The molecule has 4 aromatic rings. The number of aryl methyl sites for hydroxylation is 1. The molecule has 13 nitrogen and oxygen atoms in total. The van der Waals surface area contributed by atoms with Gasteiger partial charge in [-0.25, -0.2) is 14.4 Å². The molecule has 1 aromatic carbocycles. The summed E-state index contributed by atoms with van der Waals surface area (Å²) in [6.07, 6.45) is 12.3. The van der Waals surface area contributed by atoms with E-state index in [1.807, 2.05) is 52.5 Å². The minimum atomic E-state index is -0.604. The number of pyridine rings is 3. The minimum absolute atomic E-state index is 0.0147. The van der Waals surface area contributed by atoms with Crippen LogP contribution >= 0.6 is 0 Å². The van der Waals surface area contributed by atoms with Crippen molar-refractivity contribution < 1.29 is 18.8 Å². The molecule has 14 heteroatoms. The number of carbonyl (C=O) groups excluding carboxylic acids is 3. The second kappa shape index (κ2) is 20.0. The van der Waals surface area contributed by atoms with E-state index in [1.54, 1.807) is 6.20 Å². The van der Waals surface area contributed by atoms with Crippen molar-refractivity contribution in [1.29, 1.82) is 0 Å². The van der Waals surface area contributed by atoms with Crippen LogP contribution in [0.5, 0.6) is 0 Å². The summed E-state index contributed by atoms with van der Waals surface area (Å²) in [5, 5.41) is 5.67. The van der Waals surface area contributed by atoms with Crippen LogP contribution in [0.15, 0.2) is 72.7 Å². The monoisotopic (exact) mass is 871 g/mol. The molecular weight excluding hydrogens is 808 g/mol. The number of likely N-dealkylation sites (tertiary alicyclic amines) is 2. The Hall–Kier alpha value is -5.73. The van der Waals surface area contributed by atoms with Crippen LogP contribution in [0.4, 0.5) is 21.7 Å². The number of piperazine rings is 1. The molecule has 4 fully saturated rings. The molecule has 2 amide bonds. The molecule has 3 aromatic heterocycles. The van der Waals surface area contributed by atoms with E-state index in [0.29, 0.717) is 55.1 Å². The highest BCUT2D eigenvalue weighted by Gasteiger charge is 2.32. The Labute approximate surface area is 376 Å². The average Bonchev–Trinajstić information content (AvgIpc) is 3.46. The van der Waals surface area contributed by atoms with E-state index >= 15 is 4.39 Å². The minimum Gasteiger partial charge on any atom is -0.384 e. The highest BCUT2D eigenvalue weighted by Crippen LogP contribution is 2.33. The van der Waals surface area contributed by atoms with Crippen molar-refractivity contribution in [2.24, 2.45) is 5.92 Å². The van der Waals surface area contributed by atoms with Gasteiger partial charge in [0.05, 0.1) is 18.4 Å². The molecule has 4 aliphatic rings. The van der Waals surface area contributed by atoms with Gasteiger partial charge in [0.1, 0.15) is 11.9 Å². The van der Waals surface area contributed by atoms with Crippen LogP contribution in [-0.2, 0) is 9.59 Å². The Morgan fingerprint density at radius 3 is 2.42 bits per heavy atom. The molecule has 0 aliphatic carbocycles. The smallest absolute Gasteiger partial charge is 0.253 e. The maximum atomic E-state index is 15.4. The van der Waals surface area contributed by atoms with Crippen molar-refractivity contribution in [2.45, 2.75) is 90.3 Å². The van der Waals surface area contributed by atoms with Gasteiger partial charge in [-0.3, -0.25) is 29.2 Å². The summed E-state index contributed by atoms with van der Waals surface area (Å²) < 4.78 is 15.4. The molecule has 7 heterocycles. The summed E-state index contributed by atoms with van der Waals surface area (Å²) in [5.74, 6) is 1.18. The SMILES string of the molecule is C/C(=C\c1c(-c2ccc(N)nc2)ccnc1C)C(C)N1CCC(c2ccc(C(=O)N3CCC(CN4CCN(c5ncc(NC6CCC(=O)CNC6=O)cc5F)CC4C)CC3)cc2)CC1. The van der Waals surface area contributed by atoms with Gasteiger partial charge in [-0.15, -0.1) is 0 Å². The van der Waals surface area contributed by atoms with Crippen LogP contribution in [-0.4, -0.2) is 124 Å². The lowest BCUT2D eigenvalue weighted by molar-refractivity contribution is -0.123. The first-order chi connectivity index (χ1) is 30.9. The van der Waals surface area contributed by atoms with Gasteiger partial charge in [0.25, 0.3) is 5.91 Å². The summed E-state index contributed by atoms with van der Waals surface area (Å²) in [6, 6.07) is 15.6. The number of carbonyl (C=O) groups is 3. The molecule has 4 saturated heterocycles. The summed E-state index contributed by atoms with van der Waals surface area (Å²) in [6.45, 7) is 15.4. The first-order valence-corrected chi connectivity index (χ1v) is 23.1. The largest absolute Gasteiger partial charge is 0.384 e. The molecule has 8 rings (SSSR count). The second-order valence-electron chi connectivity index (χ2n) is 18.4. The normalized spacial score (nSPS) is 21.7. The number of amides is 2. The Morgan fingerprint density at radius 1 is 0.953 bits per heavy atom. The van der Waals surface area contributed by atoms with Gasteiger partial charge in [-0.1, -0.05) is 23.8 Å². The number of aromatic nitrogens is 3. The number of benzene rings is 1. The van der Waals surface area contributed by atoms with Crippen LogP contribution in [0.25, 0.3) is 17.2 Å². The number of nitrogens with one attached hydrogen (secondary N) is 2. The van der Waals surface area contributed by atoms with E-state index in [9.17, 15) is 14.4 Å². The maximum absolute atomic E-state index is 15.4. The first kappa shape index (κ1) is 44.9. The number of hydrogen-bond donors (Lipinski definition) is 3. The van der Waals surface area contributed by atoms with E-state index in [4.69, 9.17) is 5.73 Å². The quantitative estimate of drug-likeness (QED) is 0.150. The maximum Gasteiger partial charge on any atom is 0.253 e. The van der Waals surface area contributed by atoms with Crippen molar-refractivity contribution in [3.05, 3.63) is 101 Å². The number of ketones is 1. The third kappa shape index (κ3) is 10.4. The summed E-state index contributed by atoms with van der Waals surface area (Å²) in [4.78, 5) is 60.2. The van der Waals surface area contributed by atoms with Gasteiger partial charge >= 0.3 is 0 Å². The van der Waals surface area contributed by atoms with Crippen molar-refractivity contribution in [2.75, 3.05) is 74.9 Å². The number of Topliss-reactive ketones (excluding diaryl/α,β-unsaturated/α-hetero) is 1. The fourth-order valence-corrected chi connectivity index (χ4v) is 9.94. The highest BCUT2D eigenvalue weighted by molar-refractivity contribution is 5.94. The summed E-state index contributed by atoms with van der Waals surface area (Å²) >= 11 is 0. The molecule has 0 bridgehead atoms. The van der Waals surface area contributed by atoms with E-state index < -0.39 is 11.9 Å². The Balaban J connectivity index is 0.774. The number of nitrogens with zero attached hydrogens (tertiary/aromatic N) is 7. The molecule has 3 atom stereocenters. The standard InChI is InChI=1S/C50H63FN10O3/c1-32(25-44-34(3)53-18-13-43(44)40-9-12-47(52)54-27-40)35(4)58-21-16-38(17-22-58)37-5-7-39(8-6-37)50(64)59-19-14-36(15-20-59)31-60-23-24-61(30-33(60)2)48-45(51)26-41(28-55-48)57-46-11-10-42(62)29-56-49(46)63/h5-9,12-13,18,25-28,33,35-36,38,46,57H,10-11,14-17,19-24,29-31H2,1-4H3,(H2,52,54)(H,56,63)/b32-25+. The van der Waals surface area contributed by atoms with Gasteiger partial charge in [-0.2, -0.15) is 0 Å². The van der Waals surface area contributed by atoms with E-state index in [2.05, 4.69) is 81.3 Å². The fraction of sp³-hybridized carbons (Fsp3) is 0.480. The Morgan fingerprint density at radius 2 is 1.72 bits per heavy atom. The zero-order valence-corrected chi connectivity index (χ0v) is 37.7. The Bertz CT molecular complexity index is 2320. The van der Waals surface area contributed by atoms with Gasteiger partial charge < -0.3 is 26.2 Å². The lowest BCUT2D eigenvalue weighted by Gasteiger charge is -2.43. The summed E-state index contributed by atoms with van der Waals surface area (Å²) in [5.41, 5.74) is 13.9. The van der Waals surface area contributed by atoms with E-state index in [-0.39, 0.29) is 36.2 Å². The number of halogens is 1. The van der Waals surface area contributed by atoms with E-state index in [0.717, 1.165) is 92.9 Å². The molecular formula is C50H63FN10O3. The molecule has 3 unspecified atom stereocenters. The van der Waals surface area contributed by atoms with Crippen molar-refractivity contribution in [1.82, 2.24) is 35.0 Å². The lowest BCUT2D eigenvalue weighted by Crippen LogP contribution is -2.54. The number of nitrogen functional groups attached to an aromatic ring is 1. The zero-order valence-electron chi connectivity index (χ0n) is 37.7. The fourth-order valence-electron chi connectivity index (χ4n) is 9.94. The van der Waals surface area contributed by atoms with Crippen molar-refractivity contribution >= 4 is 41.0 Å². The second-order valence-corrected chi connectivity index (χ2v) is 18.4. The summed E-state index contributed by atoms with van der Waals surface area (Å²) in [7, 11) is 0. The number of piperidine rings is 2. The van der Waals surface area contributed by atoms with Gasteiger partial charge in [-0.05, 0) is 126 Å². The number of anilines is 3. The first-order valence-electron chi connectivity index (χ1n) is 23.1. The highest BCUT2D eigenvalue weighted by atomic mass is 19.1. The Kier molecular flexibility index (Phi) is 14.0. The van der Waals surface area contributed by atoms with Crippen molar-refractivity contribution in [3.63, 3.8) is 0 Å². The molecule has 0 radical (unpaired) electrons. The zero-order chi connectivity index (χ0) is 44.9. The van der Waals surface area contributed by atoms with Crippen molar-refractivity contribution in [3.8, 4) is 11.1 Å². The molecule has 64 heavy (non-hydrogen) atoms. The van der Waals surface area contributed by atoms with Crippen LogP contribution in [0.2, 0.25) is 0 Å². The van der Waals surface area contributed by atoms with E-state index in [1.165, 1.54) is 17.2 Å². The molecule has 4 N–H and O–H groups in total. The predicted molar refractivity (Wildman–Crippen MR) is 250 cm³/mol. The third-order valence-electron chi connectivity index (χ3n) is 14.1. The number of rotatable bonds is 11. The molecule has 0 spiro atoms. The average molecular weight is 871 g/mol. The van der Waals surface area contributed by atoms with Crippen LogP contribution in [0.3, 0.4) is 0 Å². The number of nitrogens with two attached hydrogens (primary N) is 1. The molecule has 338 valence electrons. The lowest BCUT2D eigenvalue weighted by atomic mass is 9.87. The number of hydrogen-bond acceptors (Lipinski definition) is 11. The van der Waals surface area contributed by atoms with Crippen LogP contribution in [0.1, 0.15) is 92.4 Å².